The number of benzene rings is 2. The lowest BCUT2D eigenvalue weighted by atomic mass is 9.96. The lowest BCUT2D eigenvalue weighted by molar-refractivity contribution is 0.572. The van der Waals surface area contributed by atoms with Gasteiger partial charge in [0, 0.05) is 6.04 Å². The molecule has 0 radical (unpaired) electrons. The van der Waals surface area contributed by atoms with E-state index in [1.807, 2.05) is 24.3 Å². The highest BCUT2D eigenvalue weighted by Crippen LogP contribution is 2.21. The van der Waals surface area contributed by atoms with Crippen molar-refractivity contribution >= 4 is 0 Å². The standard InChI is InChI=1S/C17H19F2N/c1-11(2)12-3-5-13(6-4-12)17(20)10-14-9-15(18)7-8-16(14)19/h3-9,11,17H,10,20H2,1-2H3. The number of rotatable bonds is 4. The van der Waals surface area contributed by atoms with Crippen molar-refractivity contribution in [2.24, 2.45) is 5.73 Å². The SMILES string of the molecule is CC(C)c1ccc(C(N)Cc2cc(F)ccc2F)cc1. The van der Waals surface area contributed by atoms with Gasteiger partial charge in [-0.2, -0.15) is 0 Å². The van der Waals surface area contributed by atoms with Crippen LogP contribution in [0.15, 0.2) is 42.5 Å². The van der Waals surface area contributed by atoms with Gasteiger partial charge in [0.15, 0.2) is 0 Å². The molecule has 2 aromatic carbocycles. The molecule has 3 heteroatoms. The molecule has 1 nitrogen and oxygen atoms in total. The predicted octanol–water partition coefficient (Wildman–Crippen LogP) is 4.33. The van der Waals surface area contributed by atoms with E-state index in [1.54, 1.807) is 0 Å². The Morgan fingerprint density at radius 2 is 1.55 bits per heavy atom. The summed E-state index contributed by atoms with van der Waals surface area (Å²) in [6, 6.07) is 11.1. The Kier molecular flexibility index (Phi) is 4.50. The molecule has 0 heterocycles. The molecule has 0 saturated carbocycles. The van der Waals surface area contributed by atoms with Crippen molar-refractivity contribution in [1.82, 2.24) is 0 Å². The highest BCUT2D eigenvalue weighted by atomic mass is 19.1. The van der Waals surface area contributed by atoms with Gasteiger partial charge in [-0.25, -0.2) is 8.78 Å². The van der Waals surface area contributed by atoms with Gasteiger partial charge in [0.25, 0.3) is 0 Å². The van der Waals surface area contributed by atoms with Crippen LogP contribution in [-0.4, -0.2) is 0 Å². The van der Waals surface area contributed by atoms with Crippen molar-refractivity contribution in [3.8, 4) is 0 Å². The second-order valence-electron chi connectivity index (χ2n) is 5.37. The zero-order valence-electron chi connectivity index (χ0n) is 11.7. The molecule has 0 saturated heterocycles. The van der Waals surface area contributed by atoms with Crippen molar-refractivity contribution in [3.05, 3.63) is 70.8 Å². The molecule has 20 heavy (non-hydrogen) atoms. The molecule has 1 unspecified atom stereocenters. The van der Waals surface area contributed by atoms with Gasteiger partial charge in [-0.3, -0.25) is 0 Å². The first kappa shape index (κ1) is 14.7. The summed E-state index contributed by atoms with van der Waals surface area (Å²) in [4.78, 5) is 0. The Balaban J connectivity index is 2.15. The molecule has 2 aromatic rings. The van der Waals surface area contributed by atoms with Crippen LogP contribution in [0, 0.1) is 11.6 Å². The van der Waals surface area contributed by atoms with Crippen LogP contribution >= 0.6 is 0 Å². The highest BCUT2D eigenvalue weighted by molar-refractivity contribution is 5.29. The Morgan fingerprint density at radius 3 is 2.15 bits per heavy atom. The number of halogens is 2. The molecule has 0 fully saturated rings. The van der Waals surface area contributed by atoms with Crippen LogP contribution in [0.25, 0.3) is 0 Å². The van der Waals surface area contributed by atoms with E-state index < -0.39 is 11.6 Å². The molecule has 0 bridgehead atoms. The zero-order chi connectivity index (χ0) is 14.7. The van der Waals surface area contributed by atoms with Gasteiger partial charge >= 0.3 is 0 Å². The monoisotopic (exact) mass is 275 g/mol. The largest absolute Gasteiger partial charge is 0.324 e. The van der Waals surface area contributed by atoms with E-state index in [0.717, 1.165) is 17.7 Å². The Hall–Kier alpha value is -1.74. The van der Waals surface area contributed by atoms with Gasteiger partial charge in [-0.15, -0.1) is 0 Å². The second kappa shape index (κ2) is 6.14. The second-order valence-corrected chi connectivity index (χ2v) is 5.37. The van der Waals surface area contributed by atoms with Gasteiger partial charge in [0.2, 0.25) is 0 Å². The molecule has 2 rings (SSSR count). The van der Waals surface area contributed by atoms with Crippen molar-refractivity contribution in [2.75, 3.05) is 0 Å². The lowest BCUT2D eigenvalue weighted by Gasteiger charge is -2.14. The topological polar surface area (TPSA) is 26.0 Å². The van der Waals surface area contributed by atoms with E-state index in [1.165, 1.54) is 11.6 Å². The van der Waals surface area contributed by atoms with Crippen LogP contribution in [0.3, 0.4) is 0 Å². The van der Waals surface area contributed by atoms with E-state index in [2.05, 4.69) is 13.8 Å². The van der Waals surface area contributed by atoms with Crippen LogP contribution in [-0.2, 0) is 6.42 Å². The van der Waals surface area contributed by atoms with Crippen molar-refractivity contribution in [3.63, 3.8) is 0 Å². The van der Waals surface area contributed by atoms with Crippen LogP contribution < -0.4 is 5.73 Å². The molecule has 0 spiro atoms. The minimum atomic E-state index is -0.441. The van der Waals surface area contributed by atoms with E-state index in [0.29, 0.717) is 11.5 Å². The quantitative estimate of drug-likeness (QED) is 0.883. The van der Waals surface area contributed by atoms with Crippen LogP contribution in [0.1, 0.15) is 42.5 Å². The van der Waals surface area contributed by atoms with E-state index in [4.69, 9.17) is 5.73 Å². The fourth-order valence-corrected chi connectivity index (χ4v) is 2.18. The average molecular weight is 275 g/mol. The fraction of sp³-hybridized carbons (Fsp3) is 0.294. The summed E-state index contributed by atoms with van der Waals surface area (Å²) in [6.45, 7) is 4.24. The Labute approximate surface area is 118 Å². The third-order valence-corrected chi connectivity index (χ3v) is 3.48. The molecule has 106 valence electrons. The number of nitrogens with two attached hydrogens (primary N) is 1. The Bertz CT molecular complexity index is 576. The zero-order valence-corrected chi connectivity index (χ0v) is 11.7. The van der Waals surface area contributed by atoms with Crippen LogP contribution in [0.4, 0.5) is 8.78 Å². The van der Waals surface area contributed by atoms with Gasteiger partial charge in [0.1, 0.15) is 11.6 Å². The van der Waals surface area contributed by atoms with Gasteiger partial charge < -0.3 is 5.73 Å². The molecule has 1 atom stereocenters. The molecule has 0 aromatic heterocycles. The number of hydrogen-bond donors (Lipinski definition) is 1. The van der Waals surface area contributed by atoms with Gasteiger partial charge in [-0.05, 0) is 47.2 Å². The van der Waals surface area contributed by atoms with E-state index in [-0.39, 0.29) is 12.5 Å². The summed E-state index contributed by atoms with van der Waals surface area (Å²) in [6.07, 6.45) is 0.282. The summed E-state index contributed by atoms with van der Waals surface area (Å²) in [7, 11) is 0. The normalized spacial score (nSPS) is 12.7. The van der Waals surface area contributed by atoms with Crippen molar-refractivity contribution in [2.45, 2.75) is 32.2 Å². The lowest BCUT2D eigenvalue weighted by Crippen LogP contribution is -2.14. The Morgan fingerprint density at radius 1 is 0.950 bits per heavy atom. The first-order valence-electron chi connectivity index (χ1n) is 6.76. The van der Waals surface area contributed by atoms with E-state index in [9.17, 15) is 8.78 Å². The fourth-order valence-electron chi connectivity index (χ4n) is 2.18. The first-order chi connectivity index (χ1) is 9.47. The third kappa shape index (κ3) is 3.42. The molecule has 2 N–H and O–H groups in total. The smallest absolute Gasteiger partial charge is 0.126 e. The summed E-state index contributed by atoms with van der Waals surface area (Å²) in [5, 5.41) is 0. The van der Waals surface area contributed by atoms with Gasteiger partial charge in [-0.1, -0.05) is 38.1 Å². The molecule has 0 aliphatic rings. The minimum Gasteiger partial charge on any atom is -0.324 e. The summed E-state index contributed by atoms with van der Waals surface area (Å²) in [5.41, 5.74) is 8.56. The van der Waals surface area contributed by atoms with Gasteiger partial charge in [0.05, 0.1) is 0 Å². The molecular weight excluding hydrogens is 256 g/mol. The maximum Gasteiger partial charge on any atom is 0.126 e. The molecule has 0 aliphatic carbocycles. The molecule has 0 aliphatic heterocycles. The van der Waals surface area contributed by atoms with Crippen LogP contribution in [0.2, 0.25) is 0 Å². The van der Waals surface area contributed by atoms with Crippen molar-refractivity contribution < 1.29 is 8.78 Å². The summed E-state index contributed by atoms with van der Waals surface area (Å²) >= 11 is 0. The minimum absolute atomic E-state index is 0.282. The van der Waals surface area contributed by atoms with E-state index >= 15 is 0 Å². The average Bonchev–Trinajstić information content (AvgIpc) is 2.43. The maximum absolute atomic E-state index is 13.6. The highest BCUT2D eigenvalue weighted by Gasteiger charge is 2.11. The molecule has 0 amide bonds. The maximum atomic E-state index is 13.6. The predicted molar refractivity (Wildman–Crippen MR) is 77.5 cm³/mol. The molecular formula is C17H19F2N. The first-order valence-corrected chi connectivity index (χ1v) is 6.76. The van der Waals surface area contributed by atoms with Crippen molar-refractivity contribution in [1.29, 1.82) is 0 Å². The summed E-state index contributed by atoms with van der Waals surface area (Å²) in [5.74, 6) is -0.398. The summed E-state index contributed by atoms with van der Waals surface area (Å²) < 4.78 is 26.7. The van der Waals surface area contributed by atoms with Crippen LogP contribution in [0.5, 0.6) is 0 Å². The number of hydrogen-bond acceptors (Lipinski definition) is 1. The third-order valence-electron chi connectivity index (χ3n) is 3.48.